The number of H-pyrrole nitrogens is 1. The topological polar surface area (TPSA) is 79.8 Å². The van der Waals surface area contributed by atoms with Gasteiger partial charge in [-0.25, -0.2) is 0 Å². The van der Waals surface area contributed by atoms with E-state index in [1.54, 1.807) is 24.3 Å². The molecule has 0 saturated carbocycles. The van der Waals surface area contributed by atoms with E-state index in [0.717, 1.165) is 17.0 Å². The number of hydrogen-bond donors (Lipinski definition) is 2. The van der Waals surface area contributed by atoms with Gasteiger partial charge in [-0.15, -0.1) is 0 Å². The Morgan fingerprint density at radius 3 is 2.65 bits per heavy atom. The predicted molar refractivity (Wildman–Crippen MR) is 101 cm³/mol. The minimum Gasteiger partial charge on any atom is -0.350 e. The molecule has 26 heavy (non-hydrogen) atoms. The number of carbonyl (C=O) groups is 1. The molecule has 0 spiro atoms. The Labute approximate surface area is 151 Å². The summed E-state index contributed by atoms with van der Waals surface area (Å²) >= 11 is 0. The monoisotopic (exact) mass is 350 g/mol. The zero-order valence-electron chi connectivity index (χ0n) is 15.1. The first-order valence-corrected chi connectivity index (χ1v) is 8.55. The maximum Gasteiger partial charge on any atom is 0.251 e. The fourth-order valence-electron chi connectivity index (χ4n) is 2.97. The molecule has 1 atom stereocenters. The van der Waals surface area contributed by atoms with Gasteiger partial charge in [-0.05, 0) is 50.6 Å². The Morgan fingerprint density at radius 2 is 1.96 bits per heavy atom. The van der Waals surface area contributed by atoms with Crippen LogP contribution in [0.5, 0.6) is 0 Å². The van der Waals surface area contributed by atoms with Crippen LogP contribution in [-0.4, -0.2) is 27.2 Å². The SMILES string of the molecule is Cc1cc(C)n([C@@H](C)CNC(=O)c2cccc(-c3cccc(=O)[nH]3)c2)n1. The van der Waals surface area contributed by atoms with Crippen molar-refractivity contribution in [3.63, 3.8) is 0 Å². The van der Waals surface area contributed by atoms with Crippen molar-refractivity contribution in [2.75, 3.05) is 6.54 Å². The van der Waals surface area contributed by atoms with Gasteiger partial charge in [0.25, 0.3) is 5.91 Å². The molecule has 3 rings (SSSR count). The molecule has 2 N–H and O–H groups in total. The Kier molecular flexibility index (Phi) is 5.02. The largest absolute Gasteiger partial charge is 0.350 e. The number of aryl methyl sites for hydroxylation is 2. The van der Waals surface area contributed by atoms with Gasteiger partial charge >= 0.3 is 0 Å². The summed E-state index contributed by atoms with van der Waals surface area (Å²) in [5.41, 5.74) is 3.89. The molecule has 0 fully saturated rings. The lowest BCUT2D eigenvalue weighted by Crippen LogP contribution is -2.30. The summed E-state index contributed by atoms with van der Waals surface area (Å²) in [4.78, 5) is 26.8. The zero-order valence-corrected chi connectivity index (χ0v) is 15.1. The number of amides is 1. The molecule has 6 heteroatoms. The number of benzene rings is 1. The van der Waals surface area contributed by atoms with Gasteiger partial charge in [-0.3, -0.25) is 14.3 Å². The Balaban J connectivity index is 1.71. The fourth-order valence-corrected chi connectivity index (χ4v) is 2.97. The molecule has 0 unspecified atom stereocenters. The fraction of sp³-hybridized carbons (Fsp3) is 0.250. The maximum atomic E-state index is 12.5. The van der Waals surface area contributed by atoms with Crippen LogP contribution in [0.4, 0.5) is 0 Å². The molecule has 2 heterocycles. The van der Waals surface area contributed by atoms with Crippen LogP contribution in [-0.2, 0) is 0 Å². The number of pyridine rings is 1. The van der Waals surface area contributed by atoms with E-state index in [9.17, 15) is 9.59 Å². The van der Waals surface area contributed by atoms with Crippen molar-refractivity contribution < 1.29 is 4.79 Å². The maximum absolute atomic E-state index is 12.5. The first-order chi connectivity index (χ1) is 12.4. The second-order valence-electron chi connectivity index (χ2n) is 6.44. The molecule has 0 aliphatic heterocycles. The highest BCUT2D eigenvalue weighted by atomic mass is 16.1. The van der Waals surface area contributed by atoms with Crippen molar-refractivity contribution in [2.24, 2.45) is 0 Å². The summed E-state index contributed by atoms with van der Waals surface area (Å²) < 4.78 is 1.92. The summed E-state index contributed by atoms with van der Waals surface area (Å²) in [6.07, 6.45) is 0. The van der Waals surface area contributed by atoms with Gasteiger partial charge in [-0.1, -0.05) is 18.2 Å². The molecule has 2 aromatic heterocycles. The van der Waals surface area contributed by atoms with Crippen LogP contribution in [0, 0.1) is 13.8 Å². The minimum absolute atomic E-state index is 0.0568. The molecule has 1 amide bonds. The second-order valence-corrected chi connectivity index (χ2v) is 6.44. The van der Waals surface area contributed by atoms with Crippen LogP contribution in [0.15, 0.2) is 53.3 Å². The smallest absolute Gasteiger partial charge is 0.251 e. The van der Waals surface area contributed by atoms with Gasteiger partial charge in [0, 0.05) is 29.6 Å². The van der Waals surface area contributed by atoms with Crippen LogP contribution in [0.2, 0.25) is 0 Å². The first-order valence-electron chi connectivity index (χ1n) is 8.55. The van der Waals surface area contributed by atoms with Gasteiger partial charge in [0.05, 0.1) is 11.7 Å². The number of carbonyl (C=O) groups excluding carboxylic acids is 1. The number of hydrogen-bond acceptors (Lipinski definition) is 3. The van der Waals surface area contributed by atoms with E-state index in [1.165, 1.54) is 6.07 Å². The Morgan fingerprint density at radius 1 is 1.19 bits per heavy atom. The van der Waals surface area contributed by atoms with E-state index in [2.05, 4.69) is 15.4 Å². The number of aromatic nitrogens is 3. The average Bonchev–Trinajstić information content (AvgIpc) is 2.98. The van der Waals surface area contributed by atoms with Crippen LogP contribution in [0.3, 0.4) is 0 Å². The quantitative estimate of drug-likeness (QED) is 0.742. The van der Waals surface area contributed by atoms with Gasteiger partial charge in [0.2, 0.25) is 5.56 Å². The average molecular weight is 350 g/mol. The summed E-state index contributed by atoms with van der Waals surface area (Å²) in [5.74, 6) is -0.154. The van der Waals surface area contributed by atoms with E-state index in [0.29, 0.717) is 17.8 Å². The van der Waals surface area contributed by atoms with Crippen LogP contribution >= 0.6 is 0 Å². The lowest BCUT2D eigenvalue weighted by Gasteiger charge is -2.15. The highest BCUT2D eigenvalue weighted by molar-refractivity contribution is 5.95. The van der Waals surface area contributed by atoms with Crippen LogP contribution < -0.4 is 10.9 Å². The normalized spacial score (nSPS) is 12.0. The molecule has 0 aliphatic carbocycles. The molecular weight excluding hydrogens is 328 g/mol. The number of nitrogens with one attached hydrogen (secondary N) is 2. The third-order valence-corrected chi connectivity index (χ3v) is 4.22. The number of nitrogens with zero attached hydrogens (tertiary/aromatic N) is 2. The van der Waals surface area contributed by atoms with E-state index in [4.69, 9.17) is 0 Å². The molecule has 0 radical (unpaired) electrons. The third kappa shape index (κ3) is 3.91. The molecule has 1 aromatic carbocycles. The second kappa shape index (κ2) is 7.39. The van der Waals surface area contributed by atoms with Gasteiger partial charge < -0.3 is 10.3 Å². The van der Waals surface area contributed by atoms with Gasteiger partial charge in [0.1, 0.15) is 0 Å². The highest BCUT2D eigenvalue weighted by Gasteiger charge is 2.12. The van der Waals surface area contributed by atoms with Crippen molar-refractivity contribution in [3.05, 3.63) is 75.8 Å². The van der Waals surface area contributed by atoms with E-state index in [1.807, 2.05) is 43.7 Å². The van der Waals surface area contributed by atoms with Crippen molar-refractivity contribution >= 4 is 5.91 Å². The molecular formula is C20H22N4O2. The van der Waals surface area contributed by atoms with Gasteiger partial charge in [0.15, 0.2) is 0 Å². The van der Waals surface area contributed by atoms with Gasteiger partial charge in [-0.2, -0.15) is 5.10 Å². The minimum atomic E-state index is -0.170. The molecule has 6 nitrogen and oxygen atoms in total. The predicted octanol–water partition coefficient (Wildman–Crippen LogP) is 2.85. The number of aromatic amines is 1. The highest BCUT2D eigenvalue weighted by Crippen LogP contribution is 2.17. The number of rotatable bonds is 5. The summed E-state index contributed by atoms with van der Waals surface area (Å²) in [6, 6.07) is 14.2. The van der Waals surface area contributed by atoms with E-state index >= 15 is 0 Å². The Bertz CT molecular complexity index is 987. The lowest BCUT2D eigenvalue weighted by molar-refractivity contribution is 0.0948. The summed E-state index contributed by atoms with van der Waals surface area (Å²) in [5, 5.41) is 7.41. The van der Waals surface area contributed by atoms with Crippen molar-refractivity contribution in [1.82, 2.24) is 20.1 Å². The standard InChI is InChI=1S/C20H22N4O2/c1-13-10-14(2)24(23-13)15(3)12-21-20(26)17-7-4-6-16(11-17)18-8-5-9-19(25)22-18/h4-11,15H,12H2,1-3H3,(H,21,26)(H,22,25)/t15-/m0/s1. The molecule has 0 saturated heterocycles. The third-order valence-electron chi connectivity index (χ3n) is 4.22. The molecule has 134 valence electrons. The van der Waals surface area contributed by atoms with Crippen LogP contribution in [0.1, 0.15) is 34.7 Å². The Hall–Kier alpha value is -3.15. The molecule has 0 aliphatic rings. The van der Waals surface area contributed by atoms with Crippen molar-refractivity contribution in [1.29, 1.82) is 0 Å². The van der Waals surface area contributed by atoms with Crippen molar-refractivity contribution in [2.45, 2.75) is 26.8 Å². The summed E-state index contributed by atoms with van der Waals surface area (Å²) in [6.45, 7) is 6.45. The first kappa shape index (κ1) is 17.7. The zero-order chi connectivity index (χ0) is 18.7. The van der Waals surface area contributed by atoms with Crippen LogP contribution in [0.25, 0.3) is 11.3 Å². The summed E-state index contributed by atoms with van der Waals surface area (Å²) in [7, 11) is 0. The molecule has 0 bridgehead atoms. The van der Waals surface area contributed by atoms with Crippen molar-refractivity contribution in [3.8, 4) is 11.3 Å². The van der Waals surface area contributed by atoms with E-state index in [-0.39, 0.29) is 17.5 Å². The lowest BCUT2D eigenvalue weighted by atomic mass is 10.1. The van der Waals surface area contributed by atoms with E-state index < -0.39 is 0 Å². The molecule has 3 aromatic rings.